The zero-order valence-corrected chi connectivity index (χ0v) is 24.9. The van der Waals surface area contributed by atoms with E-state index in [0.29, 0.717) is 30.4 Å². The molecule has 0 spiro atoms. The van der Waals surface area contributed by atoms with Gasteiger partial charge in [-0.15, -0.1) is 0 Å². The first-order valence-electron chi connectivity index (χ1n) is 13.6. The summed E-state index contributed by atoms with van der Waals surface area (Å²) in [5.41, 5.74) is 7.11. The van der Waals surface area contributed by atoms with Crippen molar-refractivity contribution in [3.63, 3.8) is 0 Å². The van der Waals surface area contributed by atoms with Gasteiger partial charge in [0.15, 0.2) is 0 Å². The highest BCUT2D eigenvalue weighted by Gasteiger charge is 2.33. The third-order valence-corrected chi connectivity index (χ3v) is 7.68. The number of methoxy groups -OCH3 is 3. The zero-order valence-electron chi connectivity index (χ0n) is 24.9. The zero-order chi connectivity index (χ0) is 30.1. The Kier molecular flexibility index (Phi) is 12.5. The first kappa shape index (κ1) is 33.1. The second-order valence-corrected chi connectivity index (χ2v) is 10.8. The van der Waals surface area contributed by atoms with E-state index in [1.807, 2.05) is 33.8 Å². The summed E-state index contributed by atoms with van der Waals surface area (Å²) in [6, 6.07) is 2.73. The van der Waals surface area contributed by atoms with E-state index >= 15 is 0 Å². The molecule has 0 saturated heterocycles. The molecule has 2 rings (SSSR count). The van der Waals surface area contributed by atoms with Crippen LogP contribution in [0.1, 0.15) is 65.5 Å². The molecule has 10 heteroatoms. The summed E-state index contributed by atoms with van der Waals surface area (Å²) in [4.78, 5) is 24.7. The van der Waals surface area contributed by atoms with Crippen molar-refractivity contribution in [1.29, 1.82) is 0 Å². The van der Waals surface area contributed by atoms with Crippen LogP contribution >= 0.6 is 0 Å². The predicted molar refractivity (Wildman–Crippen MR) is 153 cm³/mol. The number of aromatic hydroxyl groups is 2. The van der Waals surface area contributed by atoms with Gasteiger partial charge in [-0.1, -0.05) is 32.9 Å². The third-order valence-electron chi connectivity index (χ3n) is 7.68. The summed E-state index contributed by atoms with van der Waals surface area (Å²) in [5, 5.41) is 24.3. The van der Waals surface area contributed by atoms with Crippen LogP contribution in [0.5, 0.6) is 11.5 Å². The molecule has 2 amide bonds. The van der Waals surface area contributed by atoms with Gasteiger partial charge in [0.1, 0.15) is 17.6 Å². The molecule has 1 aromatic rings. The molecule has 1 aliphatic rings. The Morgan fingerprint density at radius 1 is 1.00 bits per heavy atom. The van der Waals surface area contributed by atoms with Crippen LogP contribution in [0.4, 0.5) is 10.5 Å². The molecule has 0 saturated carbocycles. The number of hydrogen-bond acceptors (Lipinski definition) is 8. The summed E-state index contributed by atoms with van der Waals surface area (Å²) in [6.45, 7) is 9.49. The second kappa shape index (κ2) is 15.1. The van der Waals surface area contributed by atoms with E-state index in [4.69, 9.17) is 24.7 Å². The number of benzene rings is 1. The summed E-state index contributed by atoms with van der Waals surface area (Å²) in [6.07, 6.45) is 2.68. The van der Waals surface area contributed by atoms with Crippen molar-refractivity contribution in [2.24, 2.45) is 23.5 Å². The summed E-state index contributed by atoms with van der Waals surface area (Å²) in [7, 11) is 4.75. The van der Waals surface area contributed by atoms with Crippen LogP contribution in [0.15, 0.2) is 35.4 Å². The van der Waals surface area contributed by atoms with E-state index < -0.39 is 24.2 Å². The van der Waals surface area contributed by atoms with Gasteiger partial charge in [-0.2, -0.15) is 0 Å². The Balaban J connectivity index is 2.62. The van der Waals surface area contributed by atoms with Crippen molar-refractivity contribution in [2.75, 3.05) is 26.6 Å². The minimum Gasteiger partial charge on any atom is -0.508 e. The lowest BCUT2D eigenvalue weighted by Gasteiger charge is -2.33. The minimum atomic E-state index is -0.857. The van der Waals surface area contributed by atoms with Gasteiger partial charge in [0.05, 0.1) is 24.0 Å². The Hall–Kier alpha value is -3.08. The average molecular weight is 563 g/mol. The summed E-state index contributed by atoms with van der Waals surface area (Å²) >= 11 is 0. The molecule has 40 heavy (non-hydrogen) atoms. The Bertz CT molecular complexity index is 1090. The molecule has 0 aromatic heterocycles. The number of allylic oxidation sites excluding steroid dienone is 1. The lowest BCUT2D eigenvalue weighted by molar-refractivity contribution is -0.112. The van der Waals surface area contributed by atoms with Crippen LogP contribution in [0.2, 0.25) is 0 Å². The average Bonchev–Trinajstić information content (AvgIpc) is 2.88. The van der Waals surface area contributed by atoms with Gasteiger partial charge in [-0.25, -0.2) is 4.79 Å². The quantitative estimate of drug-likeness (QED) is 0.222. The number of phenolic OH excluding ortho intramolecular Hbond substituents is 2. The molecule has 5 N–H and O–H groups in total. The standard InChI is InChI=1S/C30H46N2O8/c1-16-10-9-11-17(2)29(35)32-23-15-21(33)14-22(25(23)34)27(38-7)20(5)13-24(37-6)28(39-8)19(4)12-18(3)26(16)40-30(31)36/h11-12,14-16,19-20,24,26-28,33-34H,9-10,13H2,1-8H3,(H2,31,36)(H,32,35)/b17-11+,18-12+/t16-,19-,20-,24-,26+,27+,28+/m0/s1. The molecule has 1 heterocycles. The van der Waals surface area contributed by atoms with Crippen molar-refractivity contribution in [1.82, 2.24) is 0 Å². The number of hydrogen-bond donors (Lipinski definition) is 4. The fraction of sp³-hybridized carbons (Fsp3) is 0.600. The minimum absolute atomic E-state index is 0.0784. The molecule has 1 aromatic carbocycles. The van der Waals surface area contributed by atoms with Gasteiger partial charge in [0.25, 0.3) is 5.91 Å². The number of nitrogens with one attached hydrogen (secondary N) is 1. The maximum atomic E-state index is 12.9. The topological polar surface area (TPSA) is 150 Å². The number of amides is 2. The van der Waals surface area contributed by atoms with Crippen molar-refractivity contribution in [3.8, 4) is 11.5 Å². The van der Waals surface area contributed by atoms with Crippen LogP contribution in [-0.4, -0.2) is 61.9 Å². The van der Waals surface area contributed by atoms with E-state index in [9.17, 15) is 19.8 Å². The van der Waals surface area contributed by atoms with Gasteiger partial charge in [-0.3, -0.25) is 4.79 Å². The first-order valence-corrected chi connectivity index (χ1v) is 13.6. The smallest absolute Gasteiger partial charge is 0.405 e. The number of rotatable bonds is 4. The van der Waals surface area contributed by atoms with Crippen LogP contribution in [0.3, 0.4) is 0 Å². The normalized spacial score (nSPS) is 31.8. The second-order valence-electron chi connectivity index (χ2n) is 10.8. The van der Waals surface area contributed by atoms with Crippen LogP contribution < -0.4 is 11.1 Å². The highest BCUT2D eigenvalue weighted by Crippen LogP contribution is 2.42. The molecule has 0 aliphatic carbocycles. The number of nitrogens with two attached hydrogens (primary N) is 1. The number of carbonyl (C=O) groups excluding carboxylic acids is 2. The molecule has 0 fully saturated rings. The Labute approximate surface area is 237 Å². The van der Waals surface area contributed by atoms with Gasteiger partial charge in [0.2, 0.25) is 0 Å². The van der Waals surface area contributed by atoms with E-state index in [2.05, 4.69) is 5.32 Å². The molecule has 7 atom stereocenters. The molecule has 0 radical (unpaired) electrons. The molecule has 224 valence electrons. The molecular weight excluding hydrogens is 516 g/mol. The van der Waals surface area contributed by atoms with Gasteiger partial charge >= 0.3 is 6.09 Å². The molecule has 1 aliphatic heterocycles. The van der Waals surface area contributed by atoms with E-state index in [1.165, 1.54) is 19.2 Å². The fourth-order valence-corrected chi connectivity index (χ4v) is 5.59. The van der Waals surface area contributed by atoms with Crippen molar-refractivity contribution >= 4 is 17.7 Å². The summed E-state index contributed by atoms with van der Waals surface area (Å²) < 4.78 is 23.1. The van der Waals surface area contributed by atoms with Crippen molar-refractivity contribution in [3.05, 3.63) is 41.0 Å². The number of primary amides is 1. The molecule has 0 unspecified atom stereocenters. The lowest BCUT2D eigenvalue weighted by Crippen LogP contribution is -2.37. The molecular formula is C30H46N2O8. The SMILES string of the molecule is CO[C@H]1[C@@H](OC)C[C@H](C)[C@@H](OC)c2cc(O)cc(c2O)NC(=O)/C(C)=C/CC[C@H](C)[C@@H](OC(N)=O)/C(C)=C/[C@@H]1C. The van der Waals surface area contributed by atoms with Gasteiger partial charge in [-0.05, 0) is 56.6 Å². The number of carbonyl (C=O) groups is 2. The van der Waals surface area contributed by atoms with Gasteiger partial charge < -0.3 is 40.2 Å². The lowest BCUT2D eigenvalue weighted by atomic mass is 9.85. The van der Waals surface area contributed by atoms with Crippen LogP contribution in [-0.2, 0) is 23.7 Å². The maximum absolute atomic E-state index is 12.9. The number of anilines is 1. The monoisotopic (exact) mass is 562 g/mol. The van der Waals surface area contributed by atoms with Crippen LogP contribution in [0, 0.1) is 17.8 Å². The molecule has 2 bridgehead atoms. The number of fused-ring (bicyclic) bond motifs is 2. The van der Waals surface area contributed by atoms with Crippen molar-refractivity contribution < 1.29 is 38.7 Å². The number of phenols is 2. The Morgan fingerprint density at radius 3 is 2.25 bits per heavy atom. The highest BCUT2D eigenvalue weighted by molar-refractivity contribution is 6.04. The van der Waals surface area contributed by atoms with E-state index in [0.717, 1.165) is 5.57 Å². The molecule has 10 nitrogen and oxygen atoms in total. The van der Waals surface area contributed by atoms with Gasteiger partial charge in [0, 0.05) is 44.5 Å². The summed E-state index contributed by atoms with van der Waals surface area (Å²) in [5.74, 6) is -1.13. The Morgan fingerprint density at radius 2 is 1.68 bits per heavy atom. The fourth-order valence-electron chi connectivity index (χ4n) is 5.59. The van der Waals surface area contributed by atoms with E-state index in [-0.39, 0.29) is 47.1 Å². The number of ether oxygens (including phenoxy) is 4. The van der Waals surface area contributed by atoms with E-state index in [1.54, 1.807) is 27.2 Å². The predicted octanol–water partition coefficient (Wildman–Crippen LogP) is 5.20. The third kappa shape index (κ3) is 8.46. The maximum Gasteiger partial charge on any atom is 0.405 e. The van der Waals surface area contributed by atoms with Crippen molar-refractivity contribution in [2.45, 2.75) is 78.3 Å². The highest BCUT2D eigenvalue weighted by atomic mass is 16.6. The first-order chi connectivity index (χ1) is 18.8. The largest absolute Gasteiger partial charge is 0.508 e. The van der Waals surface area contributed by atoms with Crippen LogP contribution in [0.25, 0.3) is 0 Å².